The second-order valence-corrected chi connectivity index (χ2v) is 8.15. The fourth-order valence-electron chi connectivity index (χ4n) is 5.17. The Bertz CT molecular complexity index is 542. The summed E-state index contributed by atoms with van der Waals surface area (Å²) in [7, 11) is 0. The molecule has 2 saturated carbocycles. The van der Waals surface area contributed by atoms with E-state index in [9.17, 15) is 5.11 Å². The van der Waals surface area contributed by atoms with E-state index in [2.05, 4.69) is 54.0 Å². The van der Waals surface area contributed by atoms with Gasteiger partial charge < -0.3 is 9.84 Å². The lowest BCUT2D eigenvalue weighted by atomic mass is 9.45. The number of rotatable bonds is 5. The predicted molar refractivity (Wildman–Crippen MR) is 97.4 cm³/mol. The first-order valence-electron chi connectivity index (χ1n) is 9.16. The van der Waals surface area contributed by atoms with Gasteiger partial charge in [0.1, 0.15) is 0 Å². The van der Waals surface area contributed by atoms with Gasteiger partial charge in [-0.05, 0) is 56.6 Å². The molecule has 0 heterocycles. The Morgan fingerprint density at radius 1 is 1.22 bits per heavy atom. The van der Waals surface area contributed by atoms with Gasteiger partial charge >= 0.3 is 0 Å². The van der Waals surface area contributed by atoms with Gasteiger partial charge in [0.15, 0.2) is 0 Å². The van der Waals surface area contributed by atoms with Gasteiger partial charge in [-0.25, -0.2) is 0 Å². The molecule has 1 aromatic carbocycles. The Hall–Kier alpha value is -0.380. The summed E-state index contributed by atoms with van der Waals surface area (Å²) in [5.41, 5.74) is 0.801. The van der Waals surface area contributed by atoms with E-state index in [-0.39, 0.29) is 11.5 Å². The van der Waals surface area contributed by atoms with E-state index in [0.29, 0.717) is 12.5 Å². The fourth-order valence-corrected chi connectivity index (χ4v) is 5.68. The Kier molecular flexibility index (Phi) is 5.20. The highest BCUT2D eigenvalue weighted by atomic mass is 79.9. The average molecular weight is 381 g/mol. The van der Waals surface area contributed by atoms with Gasteiger partial charge in [-0.15, -0.1) is 0 Å². The summed E-state index contributed by atoms with van der Waals surface area (Å²) in [5.74, 6) is 0.411. The molecule has 128 valence electrons. The van der Waals surface area contributed by atoms with Crippen molar-refractivity contribution in [1.29, 1.82) is 0 Å². The maximum absolute atomic E-state index is 11.2. The SMILES string of the molecule is CCO[C@H](c1ccccc1Br)[C@H]1CCCC[C@]12CC[C@]2(O)CC. The summed E-state index contributed by atoms with van der Waals surface area (Å²) in [6, 6.07) is 8.42. The second kappa shape index (κ2) is 6.85. The third-order valence-corrected chi connectivity index (χ3v) is 7.24. The molecule has 0 amide bonds. The van der Waals surface area contributed by atoms with Crippen molar-refractivity contribution < 1.29 is 9.84 Å². The molecule has 0 unspecified atom stereocenters. The van der Waals surface area contributed by atoms with Crippen LogP contribution in [0.5, 0.6) is 0 Å². The van der Waals surface area contributed by atoms with E-state index in [0.717, 1.165) is 36.6 Å². The van der Waals surface area contributed by atoms with Crippen molar-refractivity contribution >= 4 is 15.9 Å². The highest BCUT2D eigenvalue weighted by Gasteiger charge is 2.62. The first-order chi connectivity index (χ1) is 11.1. The molecule has 0 saturated heterocycles. The maximum atomic E-state index is 11.2. The lowest BCUT2D eigenvalue weighted by molar-refractivity contribution is -0.234. The molecular weight excluding hydrogens is 352 g/mol. The molecule has 2 aliphatic carbocycles. The van der Waals surface area contributed by atoms with E-state index in [1.165, 1.54) is 18.4 Å². The molecule has 0 aliphatic heterocycles. The van der Waals surface area contributed by atoms with Gasteiger partial charge in [0.05, 0.1) is 11.7 Å². The van der Waals surface area contributed by atoms with Crippen molar-refractivity contribution in [2.45, 2.75) is 70.5 Å². The van der Waals surface area contributed by atoms with Crippen LogP contribution in [0.3, 0.4) is 0 Å². The molecule has 3 rings (SSSR count). The standard InChI is InChI=1S/C20H29BrO2/c1-3-20(22)14-13-19(20)12-8-7-10-16(19)18(23-4-2)15-9-5-6-11-17(15)21/h5-6,9,11,16,18,22H,3-4,7-8,10,12-14H2,1-2H3/t16-,18-,19+,20-/m1/s1. The Morgan fingerprint density at radius 3 is 2.61 bits per heavy atom. The summed E-state index contributed by atoms with van der Waals surface area (Å²) in [6.45, 7) is 4.93. The number of halogens is 1. The van der Waals surface area contributed by atoms with Crippen LogP contribution < -0.4 is 0 Å². The Morgan fingerprint density at radius 2 is 2.00 bits per heavy atom. The maximum Gasteiger partial charge on any atom is 0.0870 e. The molecule has 2 aliphatic rings. The van der Waals surface area contributed by atoms with Gasteiger partial charge in [-0.1, -0.05) is 53.9 Å². The first-order valence-corrected chi connectivity index (χ1v) is 9.95. The van der Waals surface area contributed by atoms with E-state index in [4.69, 9.17) is 4.74 Å². The van der Waals surface area contributed by atoms with Gasteiger partial charge in [0.2, 0.25) is 0 Å². The van der Waals surface area contributed by atoms with Crippen LogP contribution in [0.4, 0.5) is 0 Å². The molecule has 23 heavy (non-hydrogen) atoms. The molecule has 2 nitrogen and oxygen atoms in total. The zero-order chi connectivity index (χ0) is 16.5. The van der Waals surface area contributed by atoms with Crippen molar-refractivity contribution in [1.82, 2.24) is 0 Å². The molecule has 0 radical (unpaired) electrons. The zero-order valence-corrected chi connectivity index (χ0v) is 15.9. The number of hydrogen-bond donors (Lipinski definition) is 1. The van der Waals surface area contributed by atoms with Crippen molar-refractivity contribution in [2.24, 2.45) is 11.3 Å². The molecule has 0 bridgehead atoms. The minimum Gasteiger partial charge on any atom is -0.389 e. The number of ether oxygens (including phenoxy) is 1. The third kappa shape index (κ3) is 2.79. The number of hydrogen-bond acceptors (Lipinski definition) is 2. The van der Waals surface area contributed by atoms with Crippen LogP contribution >= 0.6 is 15.9 Å². The number of benzene rings is 1. The van der Waals surface area contributed by atoms with Gasteiger partial charge in [-0.3, -0.25) is 0 Å². The minimum atomic E-state index is -0.491. The highest BCUT2D eigenvalue weighted by Crippen LogP contribution is 2.65. The van der Waals surface area contributed by atoms with Crippen LogP contribution in [-0.4, -0.2) is 17.3 Å². The van der Waals surface area contributed by atoms with Crippen LogP contribution in [-0.2, 0) is 4.74 Å². The first kappa shape index (κ1) is 17.4. The van der Waals surface area contributed by atoms with Gasteiger partial charge in [0, 0.05) is 16.5 Å². The lowest BCUT2D eigenvalue weighted by Crippen LogP contribution is -2.62. The third-order valence-electron chi connectivity index (χ3n) is 6.52. The molecule has 1 aromatic rings. The quantitative estimate of drug-likeness (QED) is 0.715. The van der Waals surface area contributed by atoms with Crippen LogP contribution in [0.15, 0.2) is 28.7 Å². The second-order valence-electron chi connectivity index (χ2n) is 7.29. The molecular formula is C20H29BrO2. The van der Waals surface area contributed by atoms with Crippen LogP contribution in [0.25, 0.3) is 0 Å². The summed E-state index contributed by atoms with van der Waals surface area (Å²) in [6.07, 6.45) is 7.84. The largest absolute Gasteiger partial charge is 0.389 e. The van der Waals surface area contributed by atoms with Gasteiger partial charge in [0.25, 0.3) is 0 Å². The lowest BCUT2D eigenvalue weighted by Gasteiger charge is -2.63. The highest BCUT2D eigenvalue weighted by molar-refractivity contribution is 9.10. The average Bonchev–Trinajstić information content (AvgIpc) is 2.58. The molecule has 3 heteroatoms. The zero-order valence-electron chi connectivity index (χ0n) is 14.4. The summed E-state index contributed by atoms with van der Waals surface area (Å²) in [4.78, 5) is 0. The summed E-state index contributed by atoms with van der Waals surface area (Å²) < 4.78 is 7.40. The smallest absolute Gasteiger partial charge is 0.0870 e. The number of aliphatic hydroxyl groups is 1. The van der Waals surface area contributed by atoms with Crippen molar-refractivity contribution in [3.8, 4) is 0 Å². The normalized spacial score (nSPS) is 35.0. The van der Waals surface area contributed by atoms with Crippen LogP contribution in [0, 0.1) is 11.3 Å². The molecule has 4 atom stereocenters. The molecule has 0 aromatic heterocycles. The Balaban J connectivity index is 1.99. The molecule has 1 N–H and O–H groups in total. The van der Waals surface area contributed by atoms with E-state index in [1.807, 2.05) is 0 Å². The van der Waals surface area contributed by atoms with Crippen LogP contribution in [0.1, 0.15) is 70.5 Å². The predicted octanol–water partition coefficient (Wildman–Crippen LogP) is 5.64. The summed E-state index contributed by atoms with van der Waals surface area (Å²) >= 11 is 3.71. The van der Waals surface area contributed by atoms with E-state index < -0.39 is 5.60 Å². The van der Waals surface area contributed by atoms with Crippen molar-refractivity contribution in [2.75, 3.05) is 6.61 Å². The fraction of sp³-hybridized carbons (Fsp3) is 0.700. The van der Waals surface area contributed by atoms with Crippen LogP contribution in [0.2, 0.25) is 0 Å². The Labute approximate surface area is 148 Å². The topological polar surface area (TPSA) is 29.5 Å². The molecule has 1 spiro atoms. The minimum absolute atomic E-state index is 0.0507. The van der Waals surface area contributed by atoms with Crippen molar-refractivity contribution in [3.05, 3.63) is 34.3 Å². The molecule has 2 fully saturated rings. The summed E-state index contributed by atoms with van der Waals surface area (Å²) in [5, 5.41) is 11.2. The van der Waals surface area contributed by atoms with E-state index in [1.54, 1.807) is 0 Å². The van der Waals surface area contributed by atoms with E-state index >= 15 is 0 Å². The van der Waals surface area contributed by atoms with Crippen molar-refractivity contribution in [3.63, 3.8) is 0 Å². The monoisotopic (exact) mass is 380 g/mol. The van der Waals surface area contributed by atoms with Gasteiger partial charge in [-0.2, -0.15) is 0 Å².